The van der Waals surface area contributed by atoms with Crippen LogP contribution in [0.25, 0.3) is 0 Å². The van der Waals surface area contributed by atoms with Crippen LogP contribution in [-0.2, 0) is 0 Å². The average molecular weight is 413 g/mol. The number of rotatable bonds is 4. The SMILES string of the molecule is CCN1CCN([C@H]2CCCC[C@@H]2NC(=O)N2CCC(c3ccc(C)cc3)CC2)CC1. The minimum Gasteiger partial charge on any atom is -0.334 e. The summed E-state index contributed by atoms with van der Waals surface area (Å²) < 4.78 is 0. The first-order valence-corrected chi connectivity index (χ1v) is 12.2. The Morgan fingerprint density at radius 2 is 1.60 bits per heavy atom. The molecule has 0 unspecified atom stereocenters. The minimum absolute atomic E-state index is 0.168. The van der Waals surface area contributed by atoms with Crippen molar-refractivity contribution in [2.75, 3.05) is 45.8 Å². The largest absolute Gasteiger partial charge is 0.334 e. The molecule has 2 aliphatic heterocycles. The van der Waals surface area contributed by atoms with E-state index in [2.05, 4.69) is 58.1 Å². The molecule has 1 aromatic rings. The van der Waals surface area contributed by atoms with Crippen molar-refractivity contribution in [2.24, 2.45) is 0 Å². The number of amides is 2. The second kappa shape index (κ2) is 10.1. The predicted octanol–water partition coefficient (Wildman–Crippen LogP) is 3.83. The van der Waals surface area contributed by atoms with E-state index in [1.54, 1.807) is 0 Å². The molecule has 1 aromatic carbocycles. The van der Waals surface area contributed by atoms with Gasteiger partial charge in [-0.25, -0.2) is 4.79 Å². The molecule has 0 spiro atoms. The zero-order chi connectivity index (χ0) is 20.9. The van der Waals surface area contributed by atoms with Gasteiger partial charge in [0.15, 0.2) is 0 Å². The summed E-state index contributed by atoms with van der Waals surface area (Å²) in [6.45, 7) is 11.9. The van der Waals surface area contributed by atoms with E-state index in [1.165, 1.54) is 43.5 Å². The van der Waals surface area contributed by atoms with Gasteiger partial charge in [0.2, 0.25) is 0 Å². The maximum Gasteiger partial charge on any atom is 0.317 e. The summed E-state index contributed by atoms with van der Waals surface area (Å²) in [5, 5.41) is 3.45. The first-order valence-electron chi connectivity index (χ1n) is 12.2. The molecule has 1 saturated carbocycles. The minimum atomic E-state index is 0.168. The second-order valence-corrected chi connectivity index (χ2v) is 9.55. The van der Waals surface area contributed by atoms with Crippen molar-refractivity contribution >= 4 is 6.03 Å². The standard InChI is InChI=1S/C25H40N4O/c1-3-27-16-18-28(19-17-27)24-7-5-4-6-23(24)26-25(30)29-14-12-22(13-15-29)21-10-8-20(2)9-11-21/h8-11,22-24H,3-7,12-19H2,1-2H3,(H,26,30)/t23-,24-/m0/s1. The van der Waals surface area contributed by atoms with E-state index in [4.69, 9.17) is 0 Å². The lowest BCUT2D eigenvalue weighted by molar-refractivity contribution is 0.0634. The van der Waals surface area contributed by atoms with Gasteiger partial charge in [0, 0.05) is 51.4 Å². The van der Waals surface area contributed by atoms with Crippen LogP contribution in [0.3, 0.4) is 0 Å². The molecule has 30 heavy (non-hydrogen) atoms. The van der Waals surface area contributed by atoms with Crippen LogP contribution in [0.4, 0.5) is 4.79 Å². The average Bonchev–Trinajstić information content (AvgIpc) is 2.80. The van der Waals surface area contributed by atoms with Gasteiger partial charge in [-0.2, -0.15) is 0 Å². The van der Waals surface area contributed by atoms with Gasteiger partial charge in [-0.3, -0.25) is 4.90 Å². The smallest absolute Gasteiger partial charge is 0.317 e. The molecule has 4 rings (SSSR count). The number of likely N-dealkylation sites (N-methyl/N-ethyl adjacent to an activating group) is 1. The molecule has 2 amide bonds. The van der Waals surface area contributed by atoms with Crippen molar-refractivity contribution in [1.29, 1.82) is 0 Å². The fraction of sp³-hybridized carbons (Fsp3) is 0.720. The lowest BCUT2D eigenvalue weighted by Gasteiger charge is -2.44. The number of carbonyl (C=O) groups excluding carboxylic acids is 1. The molecule has 1 aliphatic carbocycles. The van der Waals surface area contributed by atoms with Crippen LogP contribution in [0, 0.1) is 6.92 Å². The lowest BCUT2D eigenvalue weighted by atomic mass is 9.88. The van der Waals surface area contributed by atoms with Gasteiger partial charge in [0.25, 0.3) is 0 Å². The highest BCUT2D eigenvalue weighted by Gasteiger charge is 2.34. The summed E-state index contributed by atoms with van der Waals surface area (Å²) >= 11 is 0. The molecule has 0 aromatic heterocycles. The number of hydrogen-bond donors (Lipinski definition) is 1. The second-order valence-electron chi connectivity index (χ2n) is 9.55. The van der Waals surface area contributed by atoms with Crippen LogP contribution < -0.4 is 5.32 Å². The van der Waals surface area contributed by atoms with E-state index < -0.39 is 0 Å². The number of piperazine rings is 1. The molecule has 2 heterocycles. The summed E-state index contributed by atoms with van der Waals surface area (Å²) in [5.74, 6) is 0.590. The molecule has 0 radical (unpaired) electrons. The van der Waals surface area contributed by atoms with Crippen molar-refractivity contribution in [3.63, 3.8) is 0 Å². The Kier molecular flexibility index (Phi) is 7.32. The van der Waals surface area contributed by atoms with Crippen molar-refractivity contribution in [3.05, 3.63) is 35.4 Å². The van der Waals surface area contributed by atoms with Gasteiger partial charge >= 0.3 is 6.03 Å². The Morgan fingerprint density at radius 1 is 0.933 bits per heavy atom. The predicted molar refractivity (Wildman–Crippen MR) is 123 cm³/mol. The van der Waals surface area contributed by atoms with E-state index in [-0.39, 0.29) is 6.03 Å². The van der Waals surface area contributed by atoms with E-state index in [1.807, 2.05) is 0 Å². The van der Waals surface area contributed by atoms with Crippen LogP contribution in [0.15, 0.2) is 24.3 Å². The van der Waals surface area contributed by atoms with E-state index in [0.717, 1.165) is 52.0 Å². The third kappa shape index (κ3) is 5.17. The fourth-order valence-electron chi connectivity index (χ4n) is 5.63. The number of carbonyl (C=O) groups is 1. The quantitative estimate of drug-likeness (QED) is 0.817. The van der Waals surface area contributed by atoms with Gasteiger partial charge in [-0.05, 0) is 50.6 Å². The lowest BCUT2D eigenvalue weighted by Crippen LogP contribution is -2.59. The van der Waals surface area contributed by atoms with Crippen molar-refractivity contribution < 1.29 is 4.79 Å². The van der Waals surface area contributed by atoms with Crippen LogP contribution >= 0.6 is 0 Å². The zero-order valence-corrected chi connectivity index (χ0v) is 19.0. The Labute approximate surface area is 182 Å². The number of nitrogens with zero attached hydrogens (tertiary/aromatic N) is 3. The summed E-state index contributed by atoms with van der Waals surface area (Å²) in [5.41, 5.74) is 2.74. The molecule has 2 saturated heterocycles. The molecule has 3 fully saturated rings. The number of urea groups is 1. The van der Waals surface area contributed by atoms with Crippen molar-refractivity contribution in [1.82, 2.24) is 20.0 Å². The number of nitrogens with one attached hydrogen (secondary N) is 1. The molecule has 0 bridgehead atoms. The first-order chi connectivity index (χ1) is 14.6. The van der Waals surface area contributed by atoms with Crippen LogP contribution in [-0.4, -0.2) is 78.6 Å². The van der Waals surface area contributed by atoms with Crippen molar-refractivity contribution in [3.8, 4) is 0 Å². The van der Waals surface area contributed by atoms with Crippen LogP contribution in [0.1, 0.15) is 62.5 Å². The van der Waals surface area contributed by atoms with Gasteiger partial charge < -0.3 is 15.1 Å². The number of piperidine rings is 1. The molecule has 166 valence electrons. The number of benzene rings is 1. The normalized spacial score (nSPS) is 27.2. The van der Waals surface area contributed by atoms with E-state index in [0.29, 0.717) is 18.0 Å². The summed E-state index contributed by atoms with van der Waals surface area (Å²) in [6.07, 6.45) is 7.04. The van der Waals surface area contributed by atoms with Gasteiger partial charge in [0.05, 0.1) is 0 Å². The molecule has 3 aliphatic rings. The topological polar surface area (TPSA) is 38.8 Å². The van der Waals surface area contributed by atoms with Crippen LogP contribution in [0.2, 0.25) is 0 Å². The van der Waals surface area contributed by atoms with Crippen molar-refractivity contribution in [2.45, 2.75) is 70.4 Å². The number of aryl methyl sites for hydroxylation is 1. The molecular weight excluding hydrogens is 372 g/mol. The molecule has 1 N–H and O–H groups in total. The Balaban J connectivity index is 1.29. The maximum absolute atomic E-state index is 13.1. The maximum atomic E-state index is 13.1. The third-order valence-corrected chi connectivity index (χ3v) is 7.69. The molecular formula is C25H40N4O. The van der Waals surface area contributed by atoms with Crippen LogP contribution in [0.5, 0.6) is 0 Å². The Morgan fingerprint density at radius 3 is 2.27 bits per heavy atom. The Bertz CT molecular complexity index is 675. The summed E-state index contributed by atoms with van der Waals surface area (Å²) in [4.78, 5) is 20.3. The molecule has 5 nitrogen and oxygen atoms in total. The van der Waals surface area contributed by atoms with Gasteiger partial charge in [-0.15, -0.1) is 0 Å². The monoisotopic (exact) mass is 412 g/mol. The number of hydrogen-bond acceptors (Lipinski definition) is 3. The van der Waals surface area contributed by atoms with Gasteiger partial charge in [0.1, 0.15) is 0 Å². The highest BCUT2D eigenvalue weighted by atomic mass is 16.2. The van der Waals surface area contributed by atoms with E-state index in [9.17, 15) is 4.79 Å². The third-order valence-electron chi connectivity index (χ3n) is 7.69. The fourth-order valence-corrected chi connectivity index (χ4v) is 5.63. The Hall–Kier alpha value is -1.59. The summed E-state index contributed by atoms with van der Waals surface area (Å²) in [7, 11) is 0. The highest BCUT2D eigenvalue weighted by molar-refractivity contribution is 5.74. The molecule has 2 atom stereocenters. The zero-order valence-electron chi connectivity index (χ0n) is 19.0. The summed E-state index contributed by atoms with van der Waals surface area (Å²) in [6, 6.07) is 9.94. The highest BCUT2D eigenvalue weighted by Crippen LogP contribution is 2.29. The molecule has 5 heteroatoms. The van der Waals surface area contributed by atoms with E-state index >= 15 is 0 Å². The first kappa shape index (κ1) is 21.6. The number of likely N-dealkylation sites (tertiary alicyclic amines) is 1. The van der Waals surface area contributed by atoms with Gasteiger partial charge in [-0.1, -0.05) is 49.6 Å².